The van der Waals surface area contributed by atoms with Crippen molar-refractivity contribution >= 4 is 0 Å². The molecule has 0 spiro atoms. The van der Waals surface area contributed by atoms with Crippen molar-refractivity contribution in [1.29, 1.82) is 0 Å². The van der Waals surface area contributed by atoms with E-state index >= 15 is 0 Å². The van der Waals surface area contributed by atoms with Crippen molar-refractivity contribution in [1.82, 2.24) is 0 Å². The molecule has 4 heteroatoms. The number of rotatable bonds is 11. The average Bonchev–Trinajstić information content (AvgIpc) is 2.84. The molecular formula is C23H40AcO3. The van der Waals surface area contributed by atoms with E-state index in [9.17, 15) is 15.3 Å². The summed E-state index contributed by atoms with van der Waals surface area (Å²) in [6, 6.07) is 0. The van der Waals surface area contributed by atoms with Crippen molar-refractivity contribution in [2.24, 2.45) is 17.3 Å². The Kier molecular flexibility index (Phi) is 12.6. The van der Waals surface area contributed by atoms with E-state index in [-0.39, 0.29) is 67.4 Å². The van der Waals surface area contributed by atoms with Crippen LogP contribution < -0.4 is 0 Å². The van der Waals surface area contributed by atoms with Gasteiger partial charge in [0.15, 0.2) is 0 Å². The molecule has 0 aromatic carbocycles. The first-order valence-corrected chi connectivity index (χ1v) is 10.9. The molecule has 0 aromatic heterocycles. The quantitative estimate of drug-likeness (QED) is 0.240. The molecule has 2 aliphatic carbocycles. The molecule has 3 nitrogen and oxygen atoms in total. The Labute approximate surface area is 202 Å². The third kappa shape index (κ3) is 7.21. The van der Waals surface area contributed by atoms with Crippen molar-refractivity contribution in [2.45, 2.75) is 103 Å². The van der Waals surface area contributed by atoms with Crippen LogP contribution in [0, 0.1) is 61.3 Å². The molecule has 27 heavy (non-hydrogen) atoms. The minimum Gasteiger partial charge on any atom is -0.393 e. The molecule has 153 valence electrons. The van der Waals surface area contributed by atoms with Crippen LogP contribution in [0.2, 0.25) is 0 Å². The maximum absolute atomic E-state index is 10.7. The molecule has 2 rings (SSSR count). The largest absolute Gasteiger partial charge is 0.393 e. The van der Waals surface area contributed by atoms with Gasteiger partial charge in [-0.15, -0.1) is 0 Å². The zero-order valence-electron chi connectivity index (χ0n) is 17.4. The first-order valence-electron chi connectivity index (χ1n) is 10.9. The summed E-state index contributed by atoms with van der Waals surface area (Å²) in [7, 11) is 0. The van der Waals surface area contributed by atoms with Gasteiger partial charge in [-0.1, -0.05) is 63.8 Å². The van der Waals surface area contributed by atoms with Gasteiger partial charge in [0, 0.05) is 56.4 Å². The van der Waals surface area contributed by atoms with E-state index in [0.29, 0.717) is 12.8 Å². The fourth-order valence-corrected chi connectivity index (χ4v) is 4.89. The standard InChI is InChI=1S/C23H40O3.Ac/c1-3-5-6-7-8-11-18-19(21(25)17-20(18)24)12-9-13-22(26)23(14-4-2)15-10-16-23;/h7-9,12,18-22,24-26H,3-6,10-11,13-17H2,1-2H3;/b8-7-,12-9+;/t18-,19-,20+,21-,22?;/m1./s1. The fraction of sp³-hybridized carbons (Fsp3) is 0.826. The van der Waals surface area contributed by atoms with Gasteiger partial charge in [0.25, 0.3) is 0 Å². The van der Waals surface area contributed by atoms with Gasteiger partial charge in [-0.3, -0.25) is 0 Å². The smallest absolute Gasteiger partial charge is 0.0631 e. The monoisotopic (exact) mass is 591 g/mol. The summed E-state index contributed by atoms with van der Waals surface area (Å²) >= 11 is 0. The number of hydrogen-bond acceptors (Lipinski definition) is 3. The van der Waals surface area contributed by atoms with E-state index in [0.717, 1.165) is 38.5 Å². The van der Waals surface area contributed by atoms with Crippen LogP contribution in [0.25, 0.3) is 0 Å². The van der Waals surface area contributed by atoms with Crippen LogP contribution in [0.1, 0.15) is 84.5 Å². The molecule has 0 heterocycles. The van der Waals surface area contributed by atoms with Crippen molar-refractivity contribution in [2.75, 3.05) is 0 Å². The third-order valence-corrected chi connectivity index (χ3v) is 6.74. The van der Waals surface area contributed by atoms with Crippen LogP contribution >= 0.6 is 0 Å². The normalized spacial score (nSPS) is 31.1. The van der Waals surface area contributed by atoms with E-state index in [4.69, 9.17) is 0 Å². The maximum Gasteiger partial charge on any atom is 0.0631 e. The Morgan fingerprint density at radius 1 is 1.04 bits per heavy atom. The Hall–Kier alpha value is 0.802. The van der Waals surface area contributed by atoms with Gasteiger partial charge < -0.3 is 15.3 Å². The Balaban J connectivity index is 0.00000364. The first-order chi connectivity index (χ1) is 12.5. The molecular weight excluding hydrogens is 551 g/mol. The number of aliphatic hydroxyl groups is 3. The van der Waals surface area contributed by atoms with Gasteiger partial charge in [-0.25, -0.2) is 0 Å². The van der Waals surface area contributed by atoms with E-state index in [1.54, 1.807) is 0 Å². The van der Waals surface area contributed by atoms with Crippen LogP contribution in [0.15, 0.2) is 24.3 Å². The predicted octanol–water partition coefficient (Wildman–Crippen LogP) is 4.76. The second-order valence-corrected chi connectivity index (χ2v) is 8.61. The summed E-state index contributed by atoms with van der Waals surface area (Å²) in [6.45, 7) is 4.38. The zero-order valence-corrected chi connectivity index (χ0v) is 22.1. The van der Waals surface area contributed by atoms with Gasteiger partial charge in [0.2, 0.25) is 0 Å². The van der Waals surface area contributed by atoms with Crippen LogP contribution in [0.5, 0.6) is 0 Å². The topological polar surface area (TPSA) is 60.7 Å². The SMILES string of the molecule is CCCC/C=C\C[C@@H]1[C@@H](/C=C/CC(O)C2(CCC)CCC2)[C@H](O)C[C@@H]1O.[Ac]. The molecule has 1 unspecified atom stereocenters. The van der Waals surface area contributed by atoms with Gasteiger partial charge in [0.05, 0.1) is 18.3 Å². The molecule has 0 aromatic rings. The van der Waals surface area contributed by atoms with Crippen molar-refractivity contribution < 1.29 is 59.4 Å². The first kappa shape index (κ1) is 25.8. The summed E-state index contributed by atoms with van der Waals surface area (Å²) in [5.41, 5.74) is 0.133. The summed E-state index contributed by atoms with van der Waals surface area (Å²) < 4.78 is 0. The number of aliphatic hydroxyl groups excluding tert-OH is 3. The molecule has 2 aliphatic rings. The number of hydrogen-bond donors (Lipinski definition) is 3. The molecule has 0 bridgehead atoms. The van der Waals surface area contributed by atoms with Crippen molar-refractivity contribution in [3.05, 3.63) is 24.3 Å². The van der Waals surface area contributed by atoms with E-state index in [1.807, 2.05) is 0 Å². The molecule has 0 aliphatic heterocycles. The van der Waals surface area contributed by atoms with E-state index in [2.05, 4.69) is 38.2 Å². The van der Waals surface area contributed by atoms with Crippen molar-refractivity contribution in [3.63, 3.8) is 0 Å². The summed E-state index contributed by atoms with van der Waals surface area (Å²) in [6.07, 6.45) is 18.5. The third-order valence-electron chi connectivity index (χ3n) is 6.74. The Morgan fingerprint density at radius 2 is 1.78 bits per heavy atom. The van der Waals surface area contributed by atoms with Crippen LogP contribution in [-0.2, 0) is 0 Å². The molecule has 5 atom stereocenters. The van der Waals surface area contributed by atoms with Gasteiger partial charge in [-0.2, -0.15) is 0 Å². The number of unbranched alkanes of at least 4 members (excludes halogenated alkanes) is 2. The van der Waals surface area contributed by atoms with Gasteiger partial charge in [-0.05, 0) is 49.9 Å². The fourth-order valence-electron chi connectivity index (χ4n) is 4.89. The van der Waals surface area contributed by atoms with Gasteiger partial charge >= 0.3 is 0 Å². The summed E-state index contributed by atoms with van der Waals surface area (Å²) in [5.74, 6) is 0.0844. The number of allylic oxidation sites excluding steroid dienone is 2. The summed E-state index contributed by atoms with van der Waals surface area (Å²) in [4.78, 5) is 0. The van der Waals surface area contributed by atoms with Crippen LogP contribution in [0.4, 0.5) is 0 Å². The van der Waals surface area contributed by atoms with Crippen molar-refractivity contribution in [3.8, 4) is 0 Å². The predicted molar refractivity (Wildman–Crippen MR) is 108 cm³/mol. The Bertz CT molecular complexity index is 459. The second-order valence-electron chi connectivity index (χ2n) is 8.61. The average molecular weight is 592 g/mol. The molecule has 3 N–H and O–H groups in total. The van der Waals surface area contributed by atoms with E-state index < -0.39 is 12.2 Å². The van der Waals surface area contributed by atoms with Crippen LogP contribution in [-0.4, -0.2) is 33.6 Å². The maximum atomic E-state index is 10.7. The molecule has 2 saturated carbocycles. The second kappa shape index (κ2) is 13.2. The Morgan fingerprint density at radius 3 is 2.37 bits per heavy atom. The van der Waals surface area contributed by atoms with E-state index in [1.165, 1.54) is 19.3 Å². The van der Waals surface area contributed by atoms with Gasteiger partial charge in [0.1, 0.15) is 0 Å². The summed E-state index contributed by atoms with van der Waals surface area (Å²) in [5, 5.41) is 31.3. The molecule has 0 amide bonds. The molecule has 2 fully saturated rings. The van der Waals surface area contributed by atoms with Crippen LogP contribution in [0.3, 0.4) is 0 Å². The molecule has 0 saturated heterocycles. The minimum absolute atomic E-state index is 0. The molecule has 1 radical (unpaired) electrons. The minimum atomic E-state index is -0.472. The zero-order chi connectivity index (χ0) is 19.0.